The van der Waals surface area contributed by atoms with E-state index in [0.29, 0.717) is 0 Å². The van der Waals surface area contributed by atoms with Crippen molar-refractivity contribution in [3.63, 3.8) is 0 Å². The van der Waals surface area contributed by atoms with Crippen molar-refractivity contribution in [1.29, 1.82) is 0 Å². The Balaban J connectivity index is 1.26. The minimum atomic E-state index is -0.0961. The zero-order chi connectivity index (χ0) is 28.8. The fraction of sp³-hybridized carbons (Fsp3) is 0.317. The number of rotatable bonds is 3. The summed E-state index contributed by atoms with van der Waals surface area (Å²) in [5.41, 5.74) is 11.5. The molecule has 43 heavy (non-hydrogen) atoms. The molecule has 0 unspecified atom stereocenters. The maximum atomic E-state index is 5.21. The molecule has 2 heteroatoms. The first-order chi connectivity index (χ1) is 21.0. The molecule has 0 amide bonds. The number of benzene rings is 4. The van der Waals surface area contributed by atoms with E-state index in [1.54, 1.807) is 11.1 Å². The van der Waals surface area contributed by atoms with Gasteiger partial charge >= 0.3 is 0 Å². The number of aromatic nitrogens is 2. The molecule has 5 aliphatic rings. The third kappa shape index (κ3) is 3.65. The summed E-state index contributed by atoms with van der Waals surface area (Å²) in [6.07, 6.45) is 7.05. The normalized spacial score (nSPS) is 27.6. The molecule has 5 aromatic rings. The van der Waals surface area contributed by atoms with Crippen LogP contribution in [0.3, 0.4) is 0 Å². The van der Waals surface area contributed by atoms with Crippen molar-refractivity contribution in [2.45, 2.75) is 56.8 Å². The van der Waals surface area contributed by atoms with Gasteiger partial charge < -0.3 is 0 Å². The molecule has 4 bridgehead atoms. The van der Waals surface area contributed by atoms with E-state index in [2.05, 4.69) is 123 Å². The summed E-state index contributed by atoms with van der Waals surface area (Å²) in [4.78, 5) is 10.4. The van der Waals surface area contributed by atoms with E-state index in [-0.39, 0.29) is 10.8 Å². The molecular formula is C41H38N2. The number of hydrogen-bond acceptors (Lipinski definition) is 2. The van der Waals surface area contributed by atoms with E-state index in [1.165, 1.54) is 43.2 Å². The molecule has 0 N–H and O–H groups in total. The maximum absolute atomic E-state index is 5.21. The largest absolute Gasteiger partial charge is 0.228 e. The Labute approximate surface area is 255 Å². The van der Waals surface area contributed by atoms with Gasteiger partial charge in [-0.1, -0.05) is 111 Å². The first-order valence-corrected chi connectivity index (χ1v) is 16.3. The molecule has 4 fully saturated rings. The summed E-state index contributed by atoms with van der Waals surface area (Å²) in [6.45, 7) is 4.88. The van der Waals surface area contributed by atoms with Gasteiger partial charge in [0.15, 0.2) is 5.82 Å². The van der Waals surface area contributed by atoms with Crippen LogP contribution in [0.4, 0.5) is 0 Å². The molecule has 212 valence electrons. The second kappa shape index (κ2) is 9.23. The molecule has 0 atom stereocenters. The van der Waals surface area contributed by atoms with Crippen molar-refractivity contribution < 1.29 is 0 Å². The Morgan fingerprint density at radius 3 is 1.58 bits per heavy atom. The van der Waals surface area contributed by atoms with Crippen molar-refractivity contribution >= 4 is 0 Å². The maximum Gasteiger partial charge on any atom is 0.160 e. The van der Waals surface area contributed by atoms with Crippen molar-refractivity contribution in [2.75, 3.05) is 0 Å². The highest BCUT2D eigenvalue weighted by Crippen LogP contribution is 2.68. The zero-order valence-electron chi connectivity index (χ0n) is 25.1. The highest BCUT2D eigenvalue weighted by Gasteiger charge is 2.62. The second-order valence-corrected chi connectivity index (χ2v) is 14.3. The van der Waals surface area contributed by atoms with Crippen LogP contribution in [-0.4, -0.2) is 9.97 Å². The van der Waals surface area contributed by atoms with Crippen LogP contribution in [-0.2, 0) is 10.8 Å². The van der Waals surface area contributed by atoms with Gasteiger partial charge in [0.05, 0.1) is 11.4 Å². The van der Waals surface area contributed by atoms with Crippen molar-refractivity contribution in [3.05, 3.63) is 131 Å². The summed E-state index contributed by atoms with van der Waals surface area (Å²) in [5.74, 6) is 4.16. The Morgan fingerprint density at radius 2 is 1.00 bits per heavy atom. The van der Waals surface area contributed by atoms with Gasteiger partial charge in [-0.25, -0.2) is 9.97 Å². The quantitative estimate of drug-likeness (QED) is 0.220. The van der Waals surface area contributed by atoms with E-state index in [1.807, 2.05) is 0 Å². The molecule has 0 radical (unpaired) electrons. The Morgan fingerprint density at radius 1 is 0.488 bits per heavy atom. The van der Waals surface area contributed by atoms with E-state index in [4.69, 9.17) is 9.97 Å². The summed E-state index contributed by atoms with van der Waals surface area (Å²) < 4.78 is 0. The van der Waals surface area contributed by atoms with E-state index < -0.39 is 0 Å². The third-order valence-electron chi connectivity index (χ3n) is 11.7. The van der Waals surface area contributed by atoms with Crippen LogP contribution in [0, 0.1) is 23.7 Å². The lowest BCUT2D eigenvalue weighted by Crippen LogP contribution is -2.58. The molecule has 4 aromatic carbocycles. The lowest BCUT2D eigenvalue weighted by Gasteiger charge is -2.64. The standard InChI is InChI=1S/C41H38N2/c1-40(2)33-15-9-10-16-34(33)41(31-20-26-19-27(22-31)23-32(41)21-26)35-18-17-30(24-36(35)40)39-42-37(28-11-5-3-6-12-28)25-38(43-39)29-13-7-4-8-14-29/h3-18,24-27,31-32H,19-23H2,1-2H3. The van der Waals surface area contributed by atoms with Gasteiger partial charge in [-0.15, -0.1) is 0 Å². The van der Waals surface area contributed by atoms with E-state index >= 15 is 0 Å². The average molecular weight is 559 g/mol. The van der Waals surface area contributed by atoms with Gasteiger partial charge in [0.2, 0.25) is 0 Å². The van der Waals surface area contributed by atoms with Crippen LogP contribution in [0.1, 0.15) is 68.2 Å². The van der Waals surface area contributed by atoms with Crippen LogP contribution in [0.25, 0.3) is 33.9 Å². The molecule has 1 heterocycles. The molecule has 4 saturated carbocycles. The Hall–Kier alpha value is -4.04. The fourth-order valence-corrected chi connectivity index (χ4v) is 10.1. The van der Waals surface area contributed by atoms with Crippen molar-refractivity contribution in [1.82, 2.24) is 9.97 Å². The predicted molar refractivity (Wildman–Crippen MR) is 175 cm³/mol. The van der Waals surface area contributed by atoms with Gasteiger partial charge in [0.1, 0.15) is 0 Å². The molecular weight excluding hydrogens is 520 g/mol. The minimum Gasteiger partial charge on any atom is -0.228 e. The highest BCUT2D eigenvalue weighted by molar-refractivity contribution is 5.73. The topological polar surface area (TPSA) is 25.8 Å². The summed E-state index contributed by atoms with van der Waals surface area (Å²) in [5, 5.41) is 0. The molecule has 0 aliphatic heterocycles. The average Bonchev–Trinajstić information content (AvgIpc) is 3.05. The van der Waals surface area contributed by atoms with E-state index in [9.17, 15) is 0 Å². The van der Waals surface area contributed by atoms with Crippen LogP contribution in [0.2, 0.25) is 0 Å². The molecule has 1 aromatic heterocycles. The van der Waals surface area contributed by atoms with Crippen LogP contribution in [0.5, 0.6) is 0 Å². The van der Waals surface area contributed by atoms with Gasteiger partial charge in [-0.3, -0.25) is 0 Å². The van der Waals surface area contributed by atoms with Gasteiger partial charge in [-0.2, -0.15) is 0 Å². The fourth-order valence-electron chi connectivity index (χ4n) is 10.1. The first-order valence-electron chi connectivity index (χ1n) is 16.3. The summed E-state index contributed by atoms with van der Waals surface area (Å²) >= 11 is 0. The summed E-state index contributed by atoms with van der Waals surface area (Å²) in [7, 11) is 0. The van der Waals surface area contributed by atoms with Gasteiger partial charge in [0, 0.05) is 27.5 Å². The van der Waals surface area contributed by atoms with Crippen molar-refractivity contribution in [3.8, 4) is 33.9 Å². The zero-order valence-corrected chi connectivity index (χ0v) is 25.1. The molecule has 5 aliphatic carbocycles. The lowest BCUT2D eigenvalue weighted by atomic mass is 9.39. The first kappa shape index (κ1) is 25.5. The van der Waals surface area contributed by atoms with Crippen LogP contribution < -0.4 is 0 Å². The summed E-state index contributed by atoms with van der Waals surface area (Å²) in [6, 6.07) is 40.0. The second-order valence-electron chi connectivity index (χ2n) is 14.3. The highest BCUT2D eigenvalue weighted by atomic mass is 14.9. The van der Waals surface area contributed by atoms with Crippen LogP contribution >= 0.6 is 0 Å². The Bertz CT molecular complexity index is 1770. The molecule has 2 nitrogen and oxygen atoms in total. The predicted octanol–water partition coefficient (Wildman–Crippen LogP) is 9.86. The smallest absolute Gasteiger partial charge is 0.160 e. The van der Waals surface area contributed by atoms with Crippen molar-refractivity contribution in [2.24, 2.45) is 23.7 Å². The van der Waals surface area contributed by atoms with Gasteiger partial charge in [-0.05, 0) is 90.2 Å². The molecule has 10 rings (SSSR count). The van der Waals surface area contributed by atoms with Gasteiger partial charge in [0.25, 0.3) is 0 Å². The SMILES string of the molecule is CC1(C)c2ccccc2C2(c3ccc(-c4nc(-c5ccccc5)cc(-c5ccccc5)n4)cc31)C1CC3CC(C1)CC2C3. The minimum absolute atomic E-state index is 0.0961. The van der Waals surface area contributed by atoms with Crippen LogP contribution in [0.15, 0.2) is 109 Å². The Kier molecular flexibility index (Phi) is 5.46. The molecule has 1 spiro atoms. The third-order valence-corrected chi connectivity index (χ3v) is 11.7. The molecule has 0 saturated heterocycles. The number of nitrogens with zero attached hydrogens (tertiary/aromatic N) is 2. The van der Waals surface area contributed by atoms with E-state index in [0.717, 1.165) is 57.6 Å². The number of fused-ring (bicyclic) bond motifs is 2. The number of hydrogen-bond donors (Lipinski definition) is 0. The monoisotopic (exact) mass is 558 g/mol. The lowest BCUT2D eigenvalue weighted by molar-refractivity contribution is -0.0443.